The number of ether oxygens (including phenoxy) is 1. The van der Waals surface area contributed by atoms with Crippen molar-refractivity contribution in [2.45, 2.75) is 32.8 Å². The van der Waals surface area contributed by atoms with E-state index in [2.05, 4.69) is 10.2 Å². The predicted molar refractivity (Wildman–Crippen MR) is 82.6 cm³/mol. The summed E-state index contributed by atoms with van der Waals surface area (Å²) in [5, 5.41) is 3.02. The fourth-order valence-corrected chi connectivity index (χ4v) is 3.57. The Morgan fingerprint density at radius 2 is 2.15 bits per heavy atom. The van der Waals surface area contributed by atoms with Crippen molar-refractivity contribution in [2.75, 3.05) is 33.3 Å². The van der Waals surface area contributed by atoms with Crippen molar-refractivity contribution in [2.24, 2.45) is 0 Å². The fraction of sp³-hybridized carbons (Fsp3) is 0.667. The molecule has 1 aromatic rings. The minimum Gasteiger partial charge on any atom is -0.381 e. The minimum absolute atomic E-state index is 0.0543. The van der Waals surface area contributed by atoms with E-state index in [0.717, 1.165) is 42.9 Å². The summed E-state index contributed by atoms with van der Waals surface area (Å²) in [5.74, 6) is 0.0543. The Morgan fingerprint density at radius 3 is 2.70 bits per heavy atom. The van der Waals surface area contributed by atoms with Gasteiger partial charge in [0.1, 0.15) is 0 Å². The Hall–Kier alpha value is -0.910. The third-order valence-corrected chi connectivity index (χ3v) is 4.83. The molecular formula is C15H24N2O2S. The lowest BCUT2D eigenvalue weighted by atomic mass is 10.1. The Balaban J connectivity index is 1.71. The number of carbonyl (C=O) groups is 1. The molecule has 0 unspecified atom stereocenters. The van der Waals surface area contributed by atoms with Gasteiger partial charge in [-0.05, 0) is 32.8 Å². The number of amides is 1. The molecule has 1 aromatic heterocycles. The fourth-order valence-electron chi connectivity index (χ4n) is 2.65. The highest BCUT2D eigenvalue weighted by Gasteiger charge is 2.18. The van der Waals surface area contributed by atoms with Crippen molar-refractivity contribution in [1.82, 2.24) is 10.2 Å². The third kappa shape index (κ3) is 4.04. The normalized spacial score (nSPS) is 17.4. The molecule has 20 heavy (non-hydrogen) atoms. The van der Waals surface area contributed by atoms with E-state index >= 15 is 0 Å². The molecule has 0 bridgehead atoms. The smallest absolute Gasteiger partial charge is 0.252 e. The molecule has 1 aliphatic heterocycles. The van der Waals surface area contributed by atoms with Crippen LogP contribution in [-0.4, -0.2) is 50.2 Å². The Bertz CT molecular complexity index is 451. The summed E-state index contributed by atoms with van der Waals surface area (Å²) >= 11 is 1.68. The standard InChI is InChI=1S/C15H24N2O2S/c1-11-10-14(12(2)20-11)15(18)16-6-9-17-7-4-13(19-3)5-8-17/h10,13H,4-9H2,1-3H3,(H,16,18). The largest absolute Gasteiger partial charge is 0.381 e. The summed E-state index contributed by atoms with van der Waals surface area (Å²) in [5.41, 5.74) is 0.825. The van der Waals surface area contributed by atoms with E-state index in [0.29, 0.717) is 12.6 Å². The second-order valence-corrected chi connectivity index (χ2v) is 6.82. The van der Waals surface area contributed by atoms with Gasteiger partial charge in [0.15, 0.2) is 0 Å². The maximum atomic E-state index is 12.1. The molecule has 1 fully saturated rings. The van der Waals surface area contributed by atoms with E-state index < -0.39 is 0 Å². The summed E-state index contributed by atoms with van der Waals surface area (Å²) < 4.78 is 5.36. The van der Waals surface area contributed by atoms with E-state index in [9.17, 15) is 4.79 Å². The van der Waals surface area contributed by atoms with Crippen molar-refractivity contribution < 1.29 is 9.53 Å². The van der Waals surface area contributed by atoms with Gasteiger partial charge in [-0.1, -0.05) is 0 Å². The Morgan fingerprint density at radius 1 is 1.45 bits per heavy atom. The van der Waals surface area contributed by atoms with Crippen molar-refractivity contribution in [3.8, 4) is 0 Å². The molecule has 0 atom stereocenters. The molecule has 4 nitrogen and oxygen atoms in total. The molecule has 2 rings (SSSR count). The van der Waals surface area contributed by atoms with Crippen molar-refractivity contribution in [1.29, 1.82) is 0 Å². The zero-order valence-corrected chi connectivity index (χ0v) is 13.4. The first-order chi connectivity index (χ1) is 9.60. The van der Waals surface area contributed by atoms with Gasteiger partial charge in [-0.3, -0.25) is 4.79 Å². The van der Waals surface area contributed by atoms with Gasteiger partial charge in [0.2, 0.25) is 0 Å². The number of nitrogens with one attached hydrogen (secondary N) is 1. The summed E-state index contributed by atoms with van der Waals surface area (Å²) in [6.45, 7) is 7.79. The number of aryl methyl sites for hydroxylation is 2. The van der Waals surface area contributed by atoms with Crippen LogP contribution < -0.4 is 5.32 Å². The van der Waals surface area contributed by atoms with Gasteiger partial charge in [0.25, 0.3) is 5.91 Å². The molecule has 0 aliphatic carbocycles. The van der Waals surface area contributed by atoms with E-state index in [1.54, 1.807) is 18.4 Å². The van der Waals surface area contributed by atoms with Crippen molar-refractivity contribution >= 4 is 17.2 Å². The SMILES string of the molecule is COC1CCN(CCNC(=O)c2cc(C)sc2C)CC1. The number of carbonyl (C=O) groups excluding carboxylic acids is 1. The van der Waals surface area contributed by atoms with Crippen LogP contribution in [0.3, 0.4) is 0 Å². The van der Waals surface area contributed by atoms with Gasteiger partial charge in [-0.25, -0.2) is 0 Å². The zero-order valence-electron chi connectivity index (χ0n) is 12.6. The third-order valence-electron chi connectivity index (χ3n) is 3.87. The highest BCUT2D eigenvalue weighted by atomic mass is 32.1. The first kappa shape index (κ1) is 15.5. The number of hydrogen-bond donors (Lipinski definition) is 1. The molecule has 0 radical (unpaired) electrons. The number of methoxy groups -OCH3 is 1. The second kappa shape index (κ2) is 7.20. The van der Waals surface area contributed by atoms with Gasteiger partial charge in [0, 0.05) is 43.0 Å². The molecule has 2 heterocycles. The molecular weight excluding hydrogens is 272 g/mol. The van der Waals surface area contributed by atoms with Gasteiger partial charge >= 0.3 is 0 Å². The lowest BCUT2D eigenvalue weighted by Gasteiger charge is -2.31. The van der Waals surface area contributed by atoms with Gasteiger partial charge in [0.05, 0.1) is 11.7 Å². The lowest BCUT2D eigenvalue weighted by Crippen LogP contribution is -2.41. The predicted octanol–water partition coefficient (Wildman–Crippen LogP) is 2.21. The van der Waals surface area contributed by atoms with Crippen LogP contribution in [0.4, 0.5) is 0 Å². The van der Waals surface area contributed by atoms with Crippen molar-refractivity contribution in [3.05, 3.63) is 21.4 Å². The average Bonchev–Trinajstić information content (AvgIpc) is 2.78. The topological polar surface area (TPSA) is 41.6 Å². The molecule has 5 heteroatoms. The zero-order chi connectivity index (χ0) is 14.5. The lowest BCUT2D eigenvalue weighted by molar-refractivity contribution is 0.0413. The summed E-state index contributed by atoms with van der Waals surface area (Å²) in [4.78, 5) is 16.8. The summed E-state index contributed by atoms with van der Waals surface area (Å²) in [6, 6.07) is 1.97. The van der Waals surface area contributed by atoms with Crippen LogP contribution in [0, 0.1) is 13.8 Å². The molecule has 112 valence electrons. The molecule has 1 aliphatic rings. The molecule has 0 spiro atoms. The quantitative estimate of drug-likeness (QED) is 0.906. The average molecular weight is 296 g/mol. The van der Waals surface area contributed by atoms with Crippen LogP contribution in [0.1, 0.15) is 33.0 Å². The van der Waals surface area contributed by atoms with Gasteiger partial charge in [-0.2, -0.15) is 0 Å². The molecule has 1 saturated heterocycles. The number of likely N-dealkylation sites (tertiary alicyclic amines) is 1. The van der Waals surface area contributed by atoms with Crippen LogP contribution >= 0.6 is 11.3 Å². The van der Waals surface area contributed by atoms with Crippen LogP contribution in [0.2, 0.25) is 0 Å². The highest BCUT2D eigenvalue weighted by molar-refractivity contribution is 7.12. The number of nitrogens with zero attached hydrogens (tertiary/aromatic N) is 1. The summed E-state index contributed by atoms with van der Waals surface area (Å²) in [7, 11) is 1.78. The van der Waals surface area contributed by atoms with E-state index in [1.807, 2.05) is 19.9 Å². The Kier molecular flexibility index (Phi) is 5.57. The van der Waals surface area contributed by atoms with E-state index in [1.165, 1.54) is 4.88 Å². The van der Waals surface area contributed by atoms with Crippen LogP contribution in [0.15, 0.2) is 6.07 Å². The number of rotatable bonds is 5. The molecule has 0 aromatic carbocycles. The number of thiophene rings is 1. The minimum atomic E-state index is 0.0543. The highest BCUT2D eigenvalue weighted by Crippen LogP contribution is 2.20. The number of hydrogen-bond acceptors (Lipinski definition) is 4. The van der Waals surface area contributed by atoms with Crippen molar-refractivity contribution in [3.63, 3.8) is 0 Å². The van der Waals surface area contributed by atoms with Crippen LogP contribution in [0.25, 0.3) is 0 Å². The number of piperidine rings is 1. The van der Waals surface area contributed by atoms with Crippen LogP contribution in [0.5, 0.6) is 0 Å². The molecule has 0 saturated carbocycles. The monoisotopic (exact) mass is 296 g/mol. The van der Waals surface area contributed by atoms with Crippen LogP contribution in [-0.2, 0) is 4.74 Å². The maximum absolute atomic E-state index is 12.1. The van der Waals surface area contributed by atoms with E-state index in [4.69, 9.17) is 4.74 Å². The van der Waals surface area contributed by atoms with Gasteiger partial charge < -0.3 is 15.0 Å². The van der Waals surface area contributed by atoms with Gasteiger partial charge in [-0.15, -0.1) is 11.3 Å². The summed E-state index contributed by atoms with van der Waals surface area (Å²) in [6.07, 6.45) is 2.60. The molecule has 1 N–H and O–H groups in total. The van der Waals surface area contributed by atoms with E-state index in [-0.39, 0.29) is 5.91 Å². The maximum Gasteiger partial charge on any atom is 0.252 e. The Labute approximate surface area is 125 Å². The first-order valence-corrected chi connectivity index (χ1v) is 8.02. The molecule has 1 amide bonds. The second-order valence-electron chi connectivity index (χ2n) is 5.36. The first-order valence-electron chi connectivity index (χ1n) is 7.20.